The van der Waals surface area contributed by atoms with Crippen molar-refractivity contribution in [3.05, 3.63) is 35.9 Å². The van der Waals surface area contributed by atoms with Gasteiger partial charge in [-0.15, -0.1) is 0 Å². The van der Waals surface area contributed by atoms with Crippen LogP contribution in [0.15, 0.2) is 30.3 Å². The van der Waals surface area contributed by atoms with Crippen molar-refractivity contribution >= 4 is 5.91 Å². The Morgan fingerprint density at radius 3 is 2.33 bits per heavy atom. The van der Waals surface area contributed by atoms with E-state index in [1.54, 1.807) is 0 Å². The van der Waals surface area contributed by atoms with Crippen molar-refractivity contribution < 1.29 is 4.79 Å². The van der Waals surface area contributed by atoms with E-state index in [0.29, 0.717) is 17.9 Å². The molecule has 1 aliphatic heterocycles. The van der Waals surface area contributed by atoms with E-state index < -0.39 is 0 Å². The van der Waals surface area contributed by atoms with E-state index >= 15 is 0 Å². The molecule has 1 N–H and O–H groups in total. The Bertz CT molecular complexity index is 473. The van der Waals surface area contributed by atoms with E-state index in [9.17, 15) is 4.79 Å². The molecule has 0 radical (unpaired) electrons. The van der Waals surface area contributed by atoms with Crippen LogP contribution in [-0.2, 0) is 4.79 Å². The summed E-state index contributed by atoms with van der Waals surface area (Å²) in [5.74, 6) is 1.51. The third-order valence-corrected chi connectivity index (χ3v) is 4.55. The third-order valence-electron chi connectivity index (χ3n) is 4.55. The lowest BCUT2D eigenvalue weighted by atomic mass is 9.89. The zero-order chi connectivity index (χ0) is 14.8. The summed E-state index contributed by atoms with van der Waals surface area (Å²) in [6, 6.07) is 10.5. The smallest absolute Gasteiger partial charge is 0.242 e. The van der Waals surface area contributed by atoms with Crippen molar-refractivity contribution in [2.24, 2.45) is 11.8 Å². The molecule has 1 aromatic rings. The molecule has 0 spiro atoms. The highest BCUT2D eigenvalue weighted by molar-refractivity contribution is 5.83. The Morgan fingerprint density at radius 1 is 1.14 bits per heavy atom. The average Bonchev–Trinajstić information content (AvgIpc) is 3.23. The van der Waals surface area contributed by atoms with Gasteiger partial charge < -0.3 is 5.32 Å². The largest absolute Gasteiger partial charge is 0.352 e. The van der Waals surface area contributed by atoms with E-state index in [1.165, 1.54) is 6.42 Å². The summed E-state index contributed by atoms with van der Waals surface area (Å²) < 4.78 is 0. The van der Waals surface area contributed by atoms with Crippen LogP contribution in [0.5, 0.6) is 0 Å². The van der Waals surface area contributed by atoms with Gasteiger partial charge in [0.05, 0.1) is 0 Å². The molecule has 3 nitrogen and oxygen atoms in total. The molecule has 3 rings (SSSR count). The van der Waals surface area contributed by atoms with Gasteiger partial charge in [0, 0.05) is 19.1 Å². The molecule has 0 bridgehead atoms. The first-order chi connectivity index (χ1) is 10.1. The van der Waals surface area contributed by atoms with E-state index in [0.717, 1.165) is 31.5 Å². The minimum atomic E-state index is -0.128. The normalized spacial score (nSPS) is 28.1. The van der Waals surface area contributed by atoms with Gasteiger partial charge in [0.15, 0.2) is 0 Å². The predicted octanol–water partition coefficient (Wildman–Crippen LogP) is 2.98. The molecule has 21 heavy (non-hydrogen) atoms. The Morgan fingerprint density at radius 2 is 1.76 bits per heavy atom. The van der Waals surface area contributed by atoms with Crippen molar-refractivity contribution in [1.29, 1.82) is 0 Å². The monoisotopic (exact) mass is 286 g/mol. The number of piperidine rings is 1. The van der Waals surface area contributed by atoms with Crippen LogP contribution < -0.4 is 5.32 Å². The minimum Gasteiger partial charge on any atom is -0.352 e. The summed E-state index contributed by atoms with van der Waals surface area (Å²) in [5.41, 5.74) is 1.12. The van der Waals surface area contributed by atoms with Crippen molar-refractivity contribution in [2.75, 3.05) is 13.1 Å². The number of carbonyl (C=O) groups is 1. The van der Waals surface area contributed by atoms with Gasteiger partial charge in [-0.05, 0) is 36.7 Å². The number of rotatable bonds is 4. The highest BCUT2D eigenvalue weighted by atomic mass is 16.2. The average molecular weight is 286 g/mol. The van der Waals surface area contributed by atoms with E-state index in [-0.39, 0.29) is 11.9 Å². The maximum atomic E-state index is 12.8. The molecule has 1 heterocycles. The molecule has 3 heteroatoms. The molecule has 0 unspecified atom stereocenters. The number of nitrogens with one attached hydrogen (secondary N) is 1. The van der Waals surface area contributed by atoms with E-state index in [4.69, 9.17) is 0 Å². The number of nitrogens with zero attached hydrogens (tertiary/aromatic N) is 1. The van der Waals surface area contributed by atoms with Crippen LogP contribution in [0.1, 0.15) is 44.7 Å². The first kappa shape index (κ1) is 14.6. The SMILES string of the molecule is C[C@@H]1C[C@H](C)CN([C@@H](C(=O)NC2CC2)c2ccccc2)C1. The van der Waals surface area contributed by atoms with Gasteiger partial charge in [0.1, 0.15) is 6.04 Å². The van der Waals surface area contributed by atoms with Crippen LogP contribution in [0.25, 0.3) is 0 Å². The van der Waals surface area contributed by atoms with Crippen molar-refractivity contribution in [3.8, 4) is 0 Å². The van der Waals surface area contributed by atoms with Crippen LogP contribution in [-0.4, -0.2) is 29.9 Å². The third kappa shape index (κ3) is 3.65. The van der Waals surface area contributed by atoms with Crippen LogP contribution >= 0.6 is 0 Å². The van der Waals surface area contributed by atoms with Crippen LogP contribution in [0, 0.1) is 11.8 Å². The van der Waals surface area contributed by atoms with Gasteiger partial charge in [-0.1, -0.05) is 44.2 Å². The number of hydrogen-bond acceptors (Lipinski definition) is 2. The standard InChI is InChI=1S/C18H26N2O/c1-13-10-14(2)12-20(11-13)17(15-6-4-3-5-7-15)18(21)19-16-8-9-16/h3-7,13-14,16-17H,8-12H2,1-2H3,(H,19,21)/t13-,14+,17-/m1/s1. The molecule has 1 saturated heterocycles. The fourth-order valence-electron chi connectivity index (χ4n) is 3.59. The number of amides is 1. The lowest BCUT2D eigenvalue weighted by molar-refractivity contribution is -0.128. The van der Waals surface area contributed by atoms with Crippen LogP contribution in [0.2, 0.25) is 0 Å². The lowest BCUT2D eigenvalue weighted by Crippen LogP contribution is -2.47. The van der Waals surface area contributed by atoms with Crippen molar-refractivity contribution in [2.45, 2.75) is 45.2 Å². The Kier molecular flexibility index (Phi) is 4.29. The van der Waals surface area contributed by atoms with Crippen LogP contribution in [0.4, 0.5) is 0 Å². The molecule has 3 atom stereocenters. The fourth-order valence-corrected chi connectivity index (χ4v) is 3.59. The lowest BCUT2D eigenvalue weighted by Gasteiger charge is -2.39. The zero-order valence-electron chi connectivity index (χ0n) is 13.1. The molecule has 0 aromatic heterocycles. The first-order valence-corrected chi connectivity index (χ1v) is 8.23. The van der Waals surface area contributed by atoms with Crippen molar-refractivity contribution in [1.82, 2.24) is 10.2 Å². The number of hydrogen-bond donors (Lipinski definition) is 1. The maximum Gasteiger partial charge on any atom is 0.242 e. The molecule has 1 saturated carbocycles. The van der Waals surface area contributed by atoms with Crippen LogP contribution in [0.3, 0.4) is 0 Å². The maximum absolute atomic E-state index is 12.8. The fraction of sp³-hybridized carbons (Fsp3) is 0.611. The summed E-state index contributed by atoms with van der Waals surface area (Å²) in [4.78, 5) is 15.1. The van der Waals surface area contributed by atoms with E-state index in [2.05, 4.69) is 36.2 Å². The second-order valence-corrected chi connectivity index (χ2v) is 7.00. The number of carbonyl (C=O) groups excluding carboxylic acids is 1. The zero-order valence-corrected chi connectivity index (χ0v) is 13.1. The Balaban J connectivity index is 1.82. The molecular formula is C18H26N2O. The second kappa shape index (κ2) is 6.18. The molecular weight excluding hydrogens is 260 g/mol. The van der Waals surface area contributed by atoms with Gasteiger partial charge in [-0.2, -0.15) is 0 Å². The molecule has 1 aromatic carbocycles. The highest BCUT2D eigenvalue weighted by Gasteiger charge is 2.35. The Labute approximate surface area is 127 Å². The van der Waals surface area contributed by atoms with Gasteiger partial charge in [-0.3, -0.25) is 9.69 Å². The van der Waals surface area contributed by atoms with Crippen molar-refractivity contribution in [3.63, 3.8) is 0 Å². The first-order valence-electron chi connectivity index (χ1n) is 8.23. The minimum absolute atomic E-state index is 0.128. The summed E-state index contributed by atoms with van der Waals surface area (Å²) in [6.07, 6.45) is 3.54. The Hall–Kier alpha value is -1.35. The summed E-state index contributed by atoms with van der Waals surface area (Å²) in [7, 11) is 0. The van der Waals surface area contributed by atoms with E-state index in [1.807, 2.05) is 18.2 Å². The van der Waals surface area contributed by atoms with Gasteiger partial charge in [-0.25, -0.2) is 0 Å². The topological polar surface area (TPSA) is 32.3 Å². The summed E-state index contributed by atoms with van der Waals surface area (Å²) >= 11 is 0. The number of likely N-dealkylation sites (tertiary alicyclic amines) is 1. The molecule has 114 valence electrons. The van der Waals surface area contributed by atoms with Gasteiger partial charge in [0.2, 0.25) is 5.91 Å². The molecule has 2 fully saturated rings. The highest BCUT2D eigenvalue weighted by Crippen LogP contribution is 2.30. The quantitative estimate of drug-likeness (QED) is 0.923. The summed E-state index contributed by atoms with van der Waals surface area (Å²) in [5, 5.41) is 3.20. The molecule has 1 aliphatic carbocycles. The molecule has 2 aliphatic rings. The number of benzene rings is 1. The van der Waals surface area contributed by atoms with Gasteiger partial charge in [0.25, 0.3) is 0 Å². The van der Waals surface area contributed by atoms with Gasteiger partial charge >= 0.3 is 0 Å². The predicted molar refractivity (Wildman–Crippen MR) is 84.9 cm³/mol. The second-order valence-electron chi connectivity index (χ2n) is 7.00. The molecule has 1 amide bonds. The summed E-state index contributed by atoms with van der Waals surface area (Å²) in [6.45, 7) is 6.62.